The molecule has 2 heterocycles. The molecule has 4 heteroatoms. The average Bonchev–Trinajstić information content (AvgIpc) is 2.73. The van der Waals surface area contributed by atoms with E-state index in [0.29, 0.717) is 0 Å². The Morgan fingerprint density at radius 2 is 1.94 bits per heavy atom. The van der Waals surface area contributed by atoms with Gasteiger partial charge < -0.3 is 0 Å². The highest BCUT2D eigenvalue weighted by atomic mass is 32.2. The third kappa shape index (κ3) is 1.27. The highest BCUT2D eigenvalue weighted by Gasteiger charge is 2.07. The second-order valence-electron chi connectivity index (χ2n) is 3.72. The quantitative estimate of drug-likeness (QED) is 0.600. The van der Waals surface area contributed by atoms with Crippen LogP contribution in [0, 0.1) is 0 Å². The summed E-state index contributed by atoms with van der Waals surface area (Å²) in [5.74, 6) is 4.02. The first-order valence-electron chi connectivity index (χ1n) is 4.96. The van der Waals surface area contributed by atoms with E-state index in [1.807, 2.05) is 16.6 Å². The Hall–Kier alpha value is -1.68. The molecule has 1 aromatic carbocycles. The molecule has 0 fully saturated rings. The van der Waals surface area contributed by atoms with Gasteiger partial charge >= 0.3 is 0 Å². The number of rotatable bonds is 1. The average molecular weight is 229 g/mol. The number of hydrogen-bond donors (Lipinski definition) is 0. The molecule has 0 bridgehead atoms. The van der Waals surface area contributed by atoms with Gasteiger partial charge in [0.2, 0.25) is 0 Å². The molecule has 3 rings (SSSR count). The van der Waals surface area contributed by atoms with Gasteiger partial charge in [-0.25, -0.2) is 4.52 Å². The Morgan fingerprint density at radius 1 is 1.12 bits per heavy atom. The van der Waals surface area contributed by atoms with Crippen molar-refractivity contribution in [2.45, 2.75) is 5.03 Å². The van der Waals surface area contributed by atoms with Crippen LogP contribution < -0.4 is 0 Å². The van der Waals surface area contributed by atoms with Crippen LogP contribution in [0.1, 0.15) is 0 Å². The van der Waals surface area contributed by atoms with Gasteiger partial charge in [0.15, 0.2) is 0 Å². The maximum atomic E-state index is 4.21. The zero-order valence-electron chi connectivity index (χ0n) is 8.92. The van der Waals surface area contributed by atoms with Crippen molar-refractivity contribution in [1.82, 2.24) is 14.8 Å². The number of hydrogen-bond acceptors (Lipinski definition) is 2. The lowest BCUT2D eigenvalue weighted by molar-refractivity contribution is 0.861. The first-order chi connectivity index (χ1) is 7.77. The van der Waals surface area contributed by atoms with Crippen LogP contribution in [0.15, 0.2) is 41.4 Å². The highest BCUT2D eigenvalue weighted by molar-refractivity contribution is 8.13. The van der Waals surface area contributed by atoms with E-state index in [1.54, 1.807) is 0 Å². The molecule has 1 atom stereocenters. The monoisotopic (exact) mass is 229 g/mol. The molecule has 0 aliphatic rings. The number of benzene rings is 1. The van der Waals surface area contributed by atoms with Gasteiger partial charge in [-0.2, -0.15) is 0 Å². The van der Waals surface area contributed by atoms with Crippen LogP contribution in [-0.4, -0.2) is 27.0 Å². The van der Waals surface area contributed by atoms with Crippen LogP contribution in [0.25, 0.3) is 16.4 Å². The maximum absolute atomic E-state index is 4.21. The van der Waals surface area contributed by atoms with E-state index in [2.05, 4.69) is 46.7 Å². The van der Waals surface area contributed by atoms with Crippen molar-refractivity contribution < 1.29 is 0 Å². The number of nitrogens with zero attached hydrogens (tertiary/aromatic N) is 3. The maximum Gasteiger partial charge on any atom is 0.140 e. The number of fused-ring (bicyclic) bond motifs is 3. The summed E-state index contributed by atoms with van der Waals surface area (Å²) in [6.07, 6.45) is 2.05. The third-order valence-corrected chi connectivity index (χ3v) is 3.54. The molecular formula is C12H11N3S. The Labute approximate surface area is 95.6 Å². The van der Waals surface area contributed by atoms with E-state index in [9.17, 15) is 0 Å². The van der Waals surface area contributed by atoms with E-state index in [0.717, 1.165) is 16.1 Å². The molecule has 0 aliphatic carbocycles. The molecule has 0 N–H and O–H groups in total. The molecule has 16 heavy (non-hydrogen) atoms. The molecule has 0 saturated carbocycles. The van der Waals surface area contributed by atoms with Crippen LogP contribution in [0.5, 0.6) is 0 Å². The fourth-order valence-corrected chi connectivity index (χ4v) is 2.52. The molecular weight excluding hydrogens is 218 g/mol. The second-order valence-corrected chi connectivity index (χ2v) is 5.38. The number of aromatic nitrogens is 3. The van der Waals surface area contributed by atoms with E-state index >= 15 is 0 Å². The van der Waals surface area contributed by atoms with Crippen molar-refractivity contribution in [2.75, 3.05) is 6.26 Å². The minimum atomic E-state index is -0.110. The third-order valence-electron chi connectivity index (χ3n) is 2.59. The first kappa shape index (κ1) is 9.54. The van der Waals surface area contributed by atoms with Crippen molar-refractivity contribution >= 4 is 32.8 Å². The van der Waals surface area contributed by atoms with Crippen LogP contribution in [0.2, 0.25) is 0 Å². The van der Waals surface area contributed by atoms with Crippen molar-refractivity contribution in [3.05, 3.63) is 36.4 Å². The van der Waals surface area contributed by atoms with Crippen molar-refractivity contribution in [3.8, 4) is 0 Å². The van der Waals surface area contributed by atoms with Gasteiger partial charge in [0.1, 0.15) is 10.5 Å². The summed E-state index contributed by atoms with van der Waals surface area (Å²) in [5.41, 5.74) is 2.14. The summed E-state index contributed by atoms with van der Waals surface area (Å²) >= 11 is 0. The van der Waals surface area contributed by atoms with Gasteiger partial charge in [-0.05, 0) is 18.4 Å². The summed E-state index contributed by atoms with van der Waals surface area (Å²) in [6.45, 7) is 0. The fraction of sp³-hybridized carbons (Fsp3) is 0.0833. The largest absolute Gasteiger partial charge is 0.212 e. The molecule has 80 valence electrons. The lowest BCUT2D eigenvalue weighted by atomic mass is 10.2. The lowest BCUT2D eigenvalue weighted by Crippen LogP contribution is -1.89. The van der Waals surface area contributed by atoms with E-state index < -0.39 is 0 Å². The molecule has 0 saturated heterocycles. The van der Waals surface area contributed by atoms with Gasteiger partial charge in [0, 0.05) is 5.39 Å². The molecule has 1 unspecified atom stereocenters. The molecule has 0 aliphatic heterocycles. The predicted molar refractivity (Wildman–Crippen MR) is 69.4 cm³/mol. The Bertz CT molecular complexity index is 700. The highest BCUT2D eigenvalue weighted by Crippen LogP contribution is 2.25. The fourth-order valence-electron chi connectivity index (χ4n) is 1.83. The van der Waals surface area contributed by atoms with Crippen LogP contribution in [0.4, 0.5) is 0 Å². The smallest absolute Gasteiger partial charge is 0.140 e. The zero-order chi connectivity index (χ0) is 11.1. The minimum Gasteiger partial charge on any atom is -0.212 e. The number of para-hydroxylation sites is 1. The van der Waals surface area contributed by atoms with Crippen LogP contribution in [-0.2, 0) is 0 Å². The summed E-state index contributed by atoms with van der Waals surface area (Å²) in [6, 6.07) is 12.3. The predicted octanol–water partition coefficient (Wildman–Crippen LogP) is 2.57. The minimum absolute atomic E-state index is 0.110. The van der Waals surface area contributed by atoms with Crippen LogP contribution >= 0.6 is 10.5 Å². The van der Waals surface area contributed by atoms with E-state index in [-0.39, 0.29) is 10.5 Å². The zero-order valence-corrected chi connectivity index (χ0v) is 9.74. The topological polar surface area (TPSA) is 30.2 Å². The van der Waals surface area contributed by atoms with Gasteiger partial charge in [-0.3, -0.25) is 0 Å². The normalized spacial score (nSPS) is 13.3. The molecule has 2 aromatic heterocycles. The summed E-state index contributed by atoms with van der Waals surface area (Å²) < 4.78 is 1.89. The molecule has 0 amide bonds. The van der Waals surface area contributed by atoms with Crippen molar-refractivity contribution in [2.24, 2.45) is 0 Å². The van der Waals surface area contributed by atoms with Crippen molar-refractivity contribution in [1.29, 1.82) is 0 Å². The molecule has 0 radical (unpaired) electrons. The standard InChI is InChI=1S/C12H11N3S/c1-16(2)12-11-8-7-9-5-3-4-6-10(9)15(11)14-13-12/h3-8H,1H2,2H3. The van der Waals surface area contributed by atoms with Gasteiger partial charge in [0.05, 0.1) is 5.52 Å². The van der Waals surface area contributed by atoms with E-state index in [4.69, 9.17) is 0 Å². The second kappa shape index (κ2) is 3.42. The first-order valence-corrected chi connectivity index (χ1v) is 6.76. The lowest BCUT2D eigenvalue weighted by Gasteiger charge is -2.00. The van der Waals surface area contributed by atoms with Gasteiger partial charge in [-0.15, -0.1) is 15.6 Å². The van der Waals surface area contributed by atoms with E-state index in [1.165, 1.54) is 5.39 Å². The SMILES string of the molecule is C=S(C)c1nnn2c1ccc1ccccc12. The Balaban J connectivity index is 2.49. The summed E-state index contributed by atoms with van der Waals surface area (Å²) in [5, 5.41) is 10.6. The number of pyridine rings is 1. The summed E-state index contributed by atoms with van der Waals surface area (Å²) in [7, 11) is -0.110. The molecule has 0 spiro atoms. The van der Waals surface area contributed by atoms with Crippen molar-refractivity contribution in [3.63, 3.8) is 0 Å². The molecule has 3 nitrogen and oxygen atoms in total. The van der Waals surface area contributed by atoms with Gasteiger partial charge in [-0.1, -0.05) is 35.3 Å². The Morgan fingerprint density at radius 3 is 2.75 bits per heavy atom. The van der Waals surface area contributed by atoms with Crippen LogP contribution in [0.3, 0.4) is 0 Å². The Kier molecular flexibility index (Phi) is 2.04. The molecule has 3 aromatic rings. The summed E-state index contributed by atoms with van der Waals surface area (Å²) in [4.78, 5) is 0. The van der Waals surface area contributed by atoms with Gasteiger partial charge in [0.25, 0.3) is 0 Å².